The van der Waals surface area contributed by atoms with E-state index in [9.17, 15) is 0 Å². The van der Waals surface area contributed by atoms with Crippen LogP contribution in [-0.2, 0) is 6.54 Å². The van der Waals surface area contributed by atoms with Crippen molar-refractivity contribution in [1.82, 2.24) is 14.7 Å². The number of anilines is 1. The number of para-hydroxylation sites is 2. The Balaban J connectivity index is 2.33. The summed E-state index contributed by atoms with van der Waals surface area (Å²) in [5, 5.41) is 4.40. The number of ether oxygens (including phenoxy) is 1. The quantitative estimate of drug-likeness (QED) is 0.878. The molecule has 5 heteroatoms. The fourth-order valence-corrected chi connectivity index (χ4v) is 2.20. The Bertz CT molecular complexity index is 561. The van der Waals surface area contributed by atoms with Gasteiger partial charge in [0.15, 0.2) is 0 Å². The van der Waals surface area contributed by atoms with Crippen LogP contribution in [0.5, 0.6) is 5.75 Å². The molecule has 0 saturated heterocycles. The molecule has 0 atom stereocenters. The molecule has 0 amide bonds. The molecule has 2 N–H and O–H groups in total. The largest absolute Gasteiger partial charge is 0.494 e. The van der Waals surface area contributed by atoms with Crippen LogP contribution in [0.25, 0.3) is 5.69 Å². The average Bonchev–Trinajstić information content (AvgIpc) is 2.85. The molecule has 0 fully saturated rings. The van der Waals surface area contributed by atoms with Crippen LogP contribution in [0.2, 0.25) is 0 Å². The lowest BCUT2D eigenvalue weighted by atomic mass is 10.2. The fraction of sp³-hybridized carbons (Fsp3) is 0.400. The second kappa shape index (κ2) is 6.43. The van der Waals surface area contributed by atoms with E-state index in [0.29, 0.717) is 5.82 Å². The highest BCUT2D eigenvalue weighted by atomic mass is 16.5. The van der Waals surface area contributed by atoms with Crippen LogP contribution in [0.15, 0.2) is 30.5 Å². The summed E-state index contributed by atoms with van der Waals surface area (Å²) in [6, 6.07) is 7.73. The van der Waals surface area contributed by atoms with Gasteiger partial charge in [0, 0.05) is 12.1 Å². The summed E-state index contributed by atoms with van der Waals surface area (Å²) < 4.78 is 7.09. The number of hydrogen-bond donors (Lipinski definition) is 1. The highest BCUT2D eigenvalue weighted by molar-refractivity contribution is 5.53. The zero-order chi connectivity index (χ0) is 14.5. The molecule has 0 spiro atoms. The number of aromatic nitrogens is 2. The third-order valence-corrected chi connectivity index (χ3v) is 3.49. The van der Waals surface area contributed by atoms with Crippen molar-refractivity contribution in [2.24, 2.45) is 0 Å². The molecule has 2 aromatic rings. The van der Waals surface area contributed by atoms with Crippen molar-refractivity contribution in [3.05, 3.63) is 36.0 Å². The normalized spacial score (nSPS) is 11.0. The van der Waals surface area contributed by atoms with Gasteiger partial charge in [-0.15, -0.1) is 0 Å². The predicted molar refractivity (Wildman–Crippen MR) is 81.2 cm³/mol. The first-order valence-electron chi connectivity index (χ1n) is 6.89. The molecule has 0 unspecified atom stereocenters. The van der Waals surface area contributed by atoms with E-state index in [1.165, 1.54) is 0 Å². The SMILES string of the molecule is CCN(CC)Cc1cnn(-c2ccccc2OC)c1N. The average molecular weight is 274 g/mol. The molecule has 1 aromatic carbocycles. The van der Waals surface area contributed by atoms with E-state index in [1.54, 1.807) is 11.8 Å². The van der Waals surface area contributed by atoms with Crippen LogP contribution in [0, 0.1) is 0 Å². The number of benzene rings is 1. The van der Waals surface area contributed by atoms with E-state index in [2.05, 4.69) is 23.8 Å². The summed E-state index contributed by atoms with van der Waals surface area (Å²) in [6.45, 7) is 7.09. The molecule has 0 radical (unpaired) electrons. The van der Waals surface area contributed by atoms with Crippen LogP contribution in [0.1, 0.15) is 19.4 Å². The third-order valence-electron chi connectivity index (χ3n) is 3.49. The maximum absolute atomic E-state index is 6.23. The lowest BCUT2D eigenvalue weighted by Gasteiger charge is -2.17. The van der Waals surface area contributed by atoms with Gasteiger partial charge >= 0.3 is 0 Å². The van der Waals surface area contributed by atoms with E-state index < -0.39 is 0 Å². The van der Waals surface area contributed by atoms with Crippen molar-refractivity contribution >= 4 is 5.82 Å². The minimum absolute atomic E-state index is 0.668. The van der Waals surface area contributed by atoms with E-state index in [1.807, 2.05) is 30.5 Å². The lowest BCUT2D eigenvalue weighted by Crippen LogP contribution is -2.22. The highest BCUT2D eigenvalue weighted by Crippen LogP contribution is 2.25. The van der Waals surface area contributed by atoms with Crippen molar-refractivity contribution in [1.29, 1.82) is 0 Å². The maximum atomic E-state index is 6.23. The van der Waals surface area contributed by atoms with Crippen LogP contribution in [0.3, 0.4) is 0 Å². The van der Waals surface area contributed by atoms with Crippen LogP contribution in [0.4, 0.5) is 5.82 Å². The summed E-state index contributed by atoms with van der Waals surface area (Å²) in [5.41, 5.74) is 8.14. The van der Waals surface area contributed by atoms with Gasteiger partial charge in [0.1, 0.15) is 17.3 Å². The number of nitrogens with two attached hydrogens (primary N) is 1. The number of nitrogen functional groups attached to an aromatic ring is 1. The van der Waals surface area contributed by atoms with Crippen molar-refractivity contribution in [2.45, 2.75) is 20.4 Å². The van der Waals surface area contributed by atoms with Crippen molar-refractivity contribution in [3.8, 4) is 11.4 Å². The molecule has 5 nitrogen and oxygen atoms in total. The monoisotopic (exact) mass is 274 g/mol. The van der Waals surface area contributed by atoms with Gasteiger partial charge in [-0.1, -0.05) is 26.0 Å². The third kappa shape index (κ3) is 2.77. The predicted octanol–water partition coefficient (Wildman–Crippen LogP) is 2.30. The molecule has 108 valence electrons. The number of nitrogens with zero attached hydrogens (tertiary/aromatic N) is 3. The van der Waals surface area contributed by atoms with E-state index in [4.69, 9.17) is 10.5 Å². The summed E-state index contributed by atoms with van der Waals surface area (Å²) in [5.74, 6) is 1.43. The maximum Gasteiger partial charge on any atom is 0.144 e. The standard InChI is InChI=1S/C15H22N4O/c1-4-18(5-2)11-12-10-17-19(15(12)16)13-8-6-7-9-14(13)20-3/h6-10H,4-5,11,16H2,1-3H3. The Morgan fingerprint density at radius 3 is 2.60 bits per heavy atom. The minimum Gasteiger partial charge on any atom is -0.494 e. The van der Waals surface area contributed by atoms with Gasteiger partial charge in [-0.25, -0.2) is 4.68 Å². The van der Waals surface area contributed by atoms with E-state index >= 15 is 0 Å². The smallest absolute Gasteiger partial charge is 0.144 e. The zero-order valence-corrected chi connectivity index (χ0v) is 12.3. The number of methoxy groups -OCH3 is 1. The first-order valence-corrected chi connectivity index (χ1v) is 6.89. The van der Waals surface area contributed by atoms with Crippen LogP contribution < -0.4 is 10.5 Å². The van der Waals surface area contributed by atoms with Crippen LogP contribution in [-0.4, -0.2) is 34.9 Å². The van der Waals surface area contributed by atoms with E-state index in [-0.39, 0.29) is 0 Å². The number of rotatable bonds is 6. The Morgan fingerprint density at radius 1 is 1.25 bits per heavy atom. The fourth-order valence-electron chi connectivity index (χ4n) is 2.20. The highest BCUT2D eigenvalue weighted by Gasteiger charge is 2.13. The Hall–Kier alpha value is -2.01. The summed E-state index contributed by atoms with van der Waals surface area (Å²) >= 11 is 0. The molecular weight excluding hydrogens is 252 g/mol. The summed E-state index contributed by atoms with van der Waals surface area (Å²) in [7, 11) is 1.65. The molecule has 0 aliphatic heterocycles. The van der Waals surface area contributed by atoms with Gasteiger partial charge in [-0.2, -0.15) is 5.10 Å². The van der Waals surface area contributed by atoms with Gasteiger partial charge < -0.3 is 10.5 Å². The van der Waals surface area contributed by atoms with Crippen molar-refractivity contribution < 1.29 is 4.74 Å². The zero-order valence-electron chi connectivity index (χ0n) is 12.3. The molecule has 0 saturated carbocycles. The van der Waals surface area contributed by atoms with Crippen molar-refractivity contribution in [3.63, 3.8) is 0 Å². The Morgan fingerprint density at radius 2 is 1.95 bits per heavy atom. The molecule has 0 aliphatic rings. The van der Waals surface area contributed by atoms with Crippen LogP contribution >= 0.6 is 0 Å². The van der Waals surface area contributed by atoms with Crippen molar-refractivity contribution in [2.75, 3.05) is 25.9 Å². The molecule has 20 heavy (non-hydrogen) atoms. The van der Waals surface area contributed by atoms with Gasteiger partial charge in [-0.3, -0.25) is 4.90 Å². The van der Waals surface area contributed by atoms with Gasteiger partial charge in [0.2, 0.25) is 0 Å². The topological polar surface area (TPSA) is 56.3 Å². The second-order valence-corrected chi connectivity index (χ2v) is 4.60. The minimum atomic E-state index is 0.668. The summed E-state index contributed by atoms with van der Waals surface area (Å²) in [4.78, 5) is 2.31. The Kier molecular flexibility index (Phi) is 4.63. The van der Waals surface area contributed by atoms with Gasteiger partial charge in [-0.05, 0) is 25.2 Å². The summed E-state index contributed by atoms with van der Waals surface area (Å²) in [6.07, 6.45) is 1.83. The van der Waals surface area contributed by atoms with E-state index in [0.717, 1.165) is 36.6 Å². The molecule has 0 bridgehead atoms. The Labute approximate surface area is 119 Å². The molecule has 0 aliphatic carbocycles. The number of hydrogen-bond acceptors (Lipinski definition) is 4. The first kappa shape index (κ1) is 14.4. The first-order chi connectivity index (χ1) is 9.71. The molecule has 1 heterocycles. The molecular formula is C15H22N4O. The van der Waals surface area contributed by atoms with Gasteiger partial charge in [0.25, 0.3) is 0 Å². The molecule has 2 rings (SSSR count). The second-order valence-electron chi connectivity index (χ2n) is 4.60. The lowest BCUT2D eigenvalue weighted by molar-refractivity contribution is 0.296. The van der Waals surface area contributed by atoms with Gasteiger partial charge in [0.05, 0.1) is 13.3 Å². The molecule has 1 aromatic heterocycles.